The molecule has 0 aliphatic rings. The number of aryl methyl sites for hydroxylation is 1. The van der Waals surface area contributed by atoms with Gasteiger partial charge in [0.15, 0.2) is 10.8 Å². The molecule has 136 valence electrons. The number of carbonyl (C=O) groups is 1. The van der Waals surface area contributed by atoms with Crippen molar-refractivity contribution in [2.24, 2.45) is 0 Å². The molecule has 1 amide bonds. The number of hydrogen-bond acceptors (Lipinski definition) is 4. The first-order valence-corrected chi connectivity index (χ1v) is 9.74. The van der Waals surface area contributed by atoms with Crippen molar-refractivity contribution < 1.29 is 4.79 Å². The first-order chi connectivity index (χ1) is 13.0. The molecule has 1 unspecified atom stereocenters. The van der Waals surface area contributed by atoms with Crippen LogP contribution in [0.15, 0.2) is 53.9 Å². The molecule has 5 nitrogen and oxygen atoms in total. The Morgan fingerprint density at radius 3 is 2.59 bits per heavy atom. The number of aromatic nitrogens is 3. The molecular formula is C20H17ClN4OS. The van der Waals surface area contributed by atoms with Crippen LogP contribution in [0.25, 0.3) is 21.9 Å². The summed E-state index contributed by atoms with van der Waals surface area (Å²) in [5, 5.41) is 6.35. The SMILES string of the molecule is Cc1csc(-c2nc3ccccc3n2C(C)C(=O)Nc2ccc(Cl)cc2)n1. The van der Waals surface area contributed by atoms with Crippen molar-refractivity contribution in [2.75, 3.05) is 5.32 Å². The Morgan fingerprint density at radius 1 is 1.15 bits per heavy atom. The van der Waals surface area contributed by atoms with Crippen molar-refractivity contribution in [1.29, 1.82) is 0 Å². The molecule has 4 aromatic rings. The van der Waals surface area contributed by atoms with Crippen LogP contribution in [0.2, 0.25) is 5.02 Å². The van der Waals surface area contributed by atoms with Crippen LogP contribution >= 0.6 is 22.9 Å². The highest BCUT2D eigenvalue weighted by Gasteiger charge is 2.23. The van der Waals surface area contributed by atoms with Gasteiger partial charge in [-0.2, -0.15) is 0 Å². The first kappa shape index (κ1) is 17.7. The molecular weight excluding hydrogens is 380 g/mol. The van der Waals surface area contributed by atoms with Gasteiger partial charge in [0.05, 0.1) is 11.0 Å². The van der Waals surface area contributed by atoms with Crippen LogP contribution in [0.1, 0.15) is 18.7 Å². The van der Waals surface area contributed by atoms with E-state index in [9.17, 15) is 4.79 Å². The summed E-state index contributed by atoms with van der Waals surface area (Å²) in [5.74, 6) is 0.572. The number of anilines is 1. The molecule has 0 bridgehead atoms. The maximum Gasteiger partial charge on any atom is 0.247 e. The molecule has 27 heavy (non-hydrogen) atoms. The fourth-order valence-electron chi connectivity index (χ4n) is 2.94. The van der Waals surface area contributed by atoms with Crippen molar-refractivity contribution in [1.82, 2.24) is 14.5 Å². The topological polar surface area (TPSA) is 59.8 Å². The number of rotatable bonds is 4. The van der Waals surface area contributed by atoms with Crippen LogP contribution in [-0.2, 0) is 4.79 Å². The Morgan fingerprint density at radius 2 is 1.89 bits per heavy atom. The smallest absolute Gasteiger partial charge is 0.247 e. The van der Waals surface area contributed by atoms with Gasteiger partial charge in [0, 0.05) is 21.8 Å². The number of carbonyl (C=O) groups excluding carboxylic acids is 1. The number of thiazole rings is 1. The highest BCUT2D eigenvalue weighted by Crippen LogP contribution is 2.31. The van der Waals surface area contributed by atoms with Crippen LogP contribution < -0.4 is 5.32 Å². The van der Waals surface area contributed by atoms with Gasteiger partial charge in [0.1, 0.15) is 6.04 Å². The zero-order chi connectivity index (χ0) is 19.0. The summed E-state index contributed by atoms with van der Waals surface area (Å²) >= 11 is 7.44. The number of imidazole rings is 1. The van der Waals surface area contributed by atoms with Gasteiger partial charge in [-0.15, -0.1) is 11.3 Å². The molecule has 7 heteroatoms. The fourth-order valence-corrected chi connectivity index (χ4v) is 3.85. The normalized spacial score (nSPS) is 12.3. The predicted molar refractivity (Wildman–Crippen MR) is 110 cm³/mol. The van der Waals surface area contributed by atoms with Crippen molar-refractivity contribution >= 4 is 45.6 Å². The molecule has 2 aromatic carbocycles. The average molecular weight is 397 g/mol. The average Bonchev–Trinajstić information content (AvgIpc) is 3.26. The number of amides is 1. The Bertz CT molecular complexity index is 1120. The summed E-state index contributed by atoms with van der Waals surface area (Å²) in [6.45, 7) is 3.81. The summed E-state index contributed by atoms with van der Waals surface area (Å²) in [6.07, 6.45) is 0. The van der Waals surface area contributed by atoms with E-state index in [1.807, 2.05) is 48.1 Å². The van der Waals surface area contributed by atoms with Crippen LogP contribution in [-0.4, -0.2) is 20.4 Å². The van der Waals surface area contributed by atoms with Crippen molar-refractivity contribution in [3.8, 4) is 10.8 Å². The third kappa shape index (κ3) is 3.46. The van der Waals surface area contributed by atoms with Crippen LogP contribution in [0.3, 0.4) is 0 Å². The van der Waals surface area contributed by atoms with E-state index in [2.05, 4.69) is 10.3 Å². The van der Waals surface area contributed by atoms with Crippen molar-refractivity contribution in [2.45, 2.75) is 19.9 Å². The second kappa shape index (κ2) is 7.13. The number of fused-ring (bicyclic) bond motifs is 1. The zero-order valence-electron chi connectivity index (χ0n) is 14.8. The number of nitrogens with zero attached hydrogens (tertiary/aromatic N) is 3. The van der Waals surface area contributed by atoms with Gasteiger partial charge in [0.2, 0.25) is 5.91 Å². The number of nitrogens with one attached hydrogen (secondary N) is 1. The number of para-hydroxylation sites is 2. The molecule has 0 spiro atoms. The van der Waals surface area contributed by atoms with Crippen LogP contribution in [0.4, 0.5) is 5.69 Å². The number of benzene rings is 2. The molecule has 2 aromatic heterocycles. The minimum absolute atomic E-state index is 0.130. The van der Waals surface area contributed by atoms with E-state index < -0.39 is 6.04 Å². The maximum absolute atomic E-state index is 12.9. The zero-order valence-corrected chi connectivity index (χ0v) is 16.4. The van der Waals surface area contributed by atoms with Gasteiger partial charge < -0.3 is 9.88 Å². The molecule has 0 saturated carbocycles. The Balaban J connectivity index is 1.75. The third-order valence-electron chi connectivity index (χ3n) is 4.28. The molecule has 0 fully saturated rings. The summed E-state index contributed by atoms with van der Waals surface area (Å²) in [4.78, 5) is 22.2. The lowest BCUT2D eigenvalue weighted by atomic mass is 10.2. The minimum atomic E-state index is -0.465. The van der Waals surface area contributed by atoms with Gasteiger partial charge in [-0.25, -0.2) is 9.97 Å². The van der Waals surface area contributed by atoms with E-state index in [4.69, 9.17) is 16.6 Å². The van der Waals surface area contributed by atoms with E-state index in [0.29, 0.717) is 16.5 Å². The largest absolute Gasteiger partial charge is 0.324 e. The van der Waals surface area contributed by atoms with Gasteiger partial charge in [0.25, 0.3) is 0 Å². The molecule has 2 heterocycles. The maximum atomic E-state index is 12.9. The number of hydrogen-bond donors (Lipinski definition) is 1. The van der Waals surface area contributed by atoms with Crippen molar-refractivity contribution in [3.63, 3.8) is 0 Å². The van der Waals surface area contributed by atoms with Gasteiger partial charge in [-0.3, -0.25) is 4.79 Å². The second-order valence-corrected chi connectivity index (χ2v) is 7.55. The quantitative estimate of drug-likeness (QED) is 0.507. The standard InChI is InChI=1S/C20H17ClN4OS/c1-12-11-27-20(22-12)18-24-16-5-3-4-6-17(16)25(18)13(2)19(26)23-15-9-7-14(21)8-10-15/h3-11,13H,1-2H3,(H,23,26). The third-order valence-corrected chi connectivity index (χ3v) is 5.49. The lowest BCUT2D eigenvalue weighted by Gasteiger charge is -2.17. The first-order valence-electron chi connectivity index (χ1n) is 8.49. The molecule has 4 rings (SSSR count). The molecule has 1 atom stereocenters. The molecule has 0 saturated heterocycles. The van der Waals surface area contributed by atoms with E-state index in [1.54, 1.807) is 24.3 Å². The van der Waals surface area contributed by atoms with E-state index >= 15 is 0 Å². The van der Waals surface area contributed by atoms with Gasteiger partial charge in [-0.1, -0.05) is 23.7 Å². The van der Waals surface area contributed by atoms with E-state index in [-0.39, 0.29) is 5.91 Å². The Kier molecular flexibility index (Phi) is 4.68. The molecule has 0 aliphatic carbocycles. The summed E-state index contributed by atoms with van der Waals surface area (Å²) in [6, 6.07) is 14.4. The summed E-state index contributed by atoms with van der Waals surface area (Å²) in [5.41, 5.74) is 3.38. The number of halogens is 1. The fraction of sp³-hybridized carbons (Fsp3) is 0.150. The van der Waals surface area contributed by atoms with E-state index in [0.717, 1.165) is 21.7 Å². The minimum Gasteiger partial charge on any atom is -0.324 e. The summed E-state index contributed by atoms with van der Waals surface area (Å²) in [7, 11) is 0. The van der Waals surface area contributed by atoms with Crippen LogP contribution in [0, 0.1) is 6.92 Å². The van der Waals surface area contributed by atoms with Gasteiger partial charge in [-0.05, 0) is 50.2 Å². The highest BCUT2D eigenvalue weighted by atomic mass is 35.5. The lowest BCUT2D eigenvalue weighted by Crippen LogP contribution is -2.24. The second-order valence-electron chi connectivity index (χ2n) is 6.26. The molecule has 0 aliphatic heterocycles. The Labute approximate surface area is 165 Å². The Hall–Kier alpha value is -2.70. The molecule has 1 N–H and O–H groups in total. The van der Waals surface area contributed by atoms with Gasteiger partial charge >= 0.3 is 0 Å². The summed E-state index contributed by atoms with van der Waals surface area (Å²) < 4.78 is 1.94. The van der Waals surface area contributed by atoms with Crippen molar-refractivity contribution in [3.05, 3.63) is 64.6 Å². The van der Waals surface area contributed by atoms with Crippen LogP contribution in [0.5, 0.6) is 0 Å². The molecule has 0 radical (unpaired) electrons. The van der Waals surface area contributed by atoms with E-state index in [1.165, 1.54) is 11.3 Å². The predicted octanol–water partition coefficient (Wildman–Crippen LogP) is 5.32. The monoisotopic (exact) mass is 396 g/mol. The lowest BCUT2D eigenvalue weighted by molar-refractivity contribution is -0.118. The highest BCUT2D eigenvalue weighted by molar-refractivity contribution is 7.13.